The molecule has 1 N–H and O–H groups in total. The van der Waals surface area contributed by atoms with E-state index in [1.54, 1.807) is 19.1 Å². The van der Waals surface area contributed by atoms with Gasteiger partial charge in [0.1, 0.15) is 6.61 Å². The Hall–Kier alpha value is -2.22. The van der Waals surface area contributed by atoms with Crippen molar-refractivity contribution in [2.75, 3.05) is 27.4 Å². The van der Waals surface area contributed by atoms with E-state index in [0.29, 0.717) is 29.0 Å². The SMILES string of the molecule is C=CCc1cc(C(=O)NC(C)COCC(F)(F)F)cc(OC)c1OC. The van der Waals surface area contributed by atoms with Crippen LogP contribution in [0.1, 0.15) is 22.8 Å². The third kappa shape index (κ3) is 6.66. The van der Waals surface area contributed by atoms with Crippen molar-refractivity contribution in [1.29, 1.82) is 0 Å². The number of nitrogens with one attached hydrogen (secondary N) is 1. The van der Waals surface area contributed by atoms with Gasteiger partial charge in [0, 0.05) is 17.2 Å². The number of ether oxygens (including phenoxy) is 3. The Morgan fingerprint density at radius 2 is 2.00 bits per heavy atom. The number of hydrogen-bond acceptors (Lipinski definition) is 4. The topological polar surface area (TPSA) is 56.8 Å². The number of halogens is 3. The first kappa shape index (κ1) is 20.8. The maximum atomic E-state index is 12.3. The fourth-order valence-electron chi connectivity index (χ4n) is 2.18. The molecule has 25 heavy (non-hydrogen) atoms. The van der Waals surface area contributed by atoms with Gasteiger partial charge in [0.15, 0.2) is 11.5 Å². The number of benzene rings is 1. The zero-order valence-electron chi connectivity index (χ0n) is 14.4. The molecule has 0 radical (unpaired) electrons. The number of alkyl halides is 3. The molecule has 0 fully saturated rings. The highest BCUT2D eigenvalue weighted by Crippen LogP contribution is 2.33. The Kier molecular flexibility index (Phi) is 7.76. The van der Waals surface area contributed by atoms with Gasteiger partial charge in [0.05, 0.1) is 20.8 Å². The van der Waals surface area contributed by atoms with Crippen molar-refractivity contribution in [3.05, 3.63) is 35.9 Å². The smallest absolute Gasteiger partial charge is 0.411 e. The van der Waals surface area contributed by atoms with Crippen LogP contribution in [0.25, 0.3) is 0 Å². The molecular weight excluding hydrogens is 339 g/mol. The minimum atomic E-state index is -4.40. The molecule has 1 aromatic carbocycles. The summed E-state index contributed by atoms with van der Waals surface area (Å²) < 4.78 is 51.2. The number of methoxy groups -OCH3 is 2. The lowest BCUT2D eigenvalue weighted by Crippen LogP contribution is -2.36. The van der Waals surface area contributed by atoms with Gasteiger partial charge in [0.25, 0.3) is 5.91 Å². The lowest BCUT2D eigenvalue weighted by Gasteiger charge is -2.17. The summed E-state index contributed by atoms with van der Waals surface area (Å²) in [5.74, 6) is 0.433. The van der Waals surface area contributed by atoms with Gasteiger partial charge in [-0.1, -0.05) is 6.08 Å². The van der Waals surface area contributed by atoms with Gasteiger partial charge in [0.2, 0.25) is 0 Å². The first-order valence-corrected chi connectivity index (χ1v) is 7.53. The molecule has 0 saturated carbocycles. The Bertz CT molecular complexity index is 602. The normalized spacial score (nSPS) is 12.4. The number of rotatable bonds is 9. The van der Waals surface area contributed by atoms with Crippen molar-refractivity contribution >= 4 is 5.91 Å². The average molecular weight is 361 g/mol. The van der Waals surface area contributed by atoms with E-state index >= 15 is 0 Å². The van der Waals surface area contributed by atoms with Crippen molar-refractivity contribution in [2.45, 2.75) is 25.6 Å². The molecule has 0 heterocycles. The van der Waals surface area contributed by atoms with Crippen molar-refractivity contribution in [1.82, 2.24) is 5.32 Å². The maximum absolute atomic E-state index is 12.3. The van der Waals surface area contributed by atoms with Gasteiger partial charge in [-0.15, -0.1) is 6.58 Å². The first-order valence-electron chi connectivity index (χ1n) is 7.53. The van der Waals surface area contributed by atoms with Crippen LogP contribution in [-0.2, 0) is 11.2 Å². The Morgan fingerprint density at radius 3 is 2.52 bits per heavy atom. The zero-order valence-corrected chi connectivity index (χ0v) is 14.4. The second-order valence-electron chi connectivity index (χ2n) is 5.37. The van der Waals surface area contributed by atoms with Gasteiger partial charge < -0.3 is 19.5 Å². The van der Waals surface area contributed by atoms with Crippen LogP contribution >= 0.6 is 0 Å². The second kappa shape index (κ2) is 9.31. The minimum Gasteiger partial charge on any atom is -0.493 e. The van der Waals surface area contributed by atoms with E-state index in [1.165, 1.54) is 20.3 Å². The molecule has 1 unspecified atom stereocenters. The monoisotopic (exact) mass is 361 g/mol. The van der Waals surface area contributed by atoms with Crippen molar-refractivity contribution in [2.24, 2.45) is 0 Å². The second-order valence-corrected chi connectivity index (χ2v) is 5.37. The third-order valence-electron chi connectivity index (χ3n) is 3.19. The van der Waals surface area contributed by atoms with Crippen LogP contribution in [-0.4, -0.2) is 45.6 Å². The summed E-state index contributed by atoms with van der Waals surface area (Å²) in [5, 5.41) is 2.59. The molecule has 0 bridgehead atoms. The quantitative estimate of drug-likeness (QED) is 0.687. The molecule has 1 rings (SSSR count). The number of carbonyl (C=O) groups is 1. The van der Waals surface area contributed by atoms with Crippen LogP contribution in [0.2, 0.25) is 0 Å². The van der Waals surface area contributed by atoms with E-state index in [-0.39, 0.29) is 6.61 Å². The predicted molar refractivity (Wildman–Crippen MR) is 87.2 cm³/mol. The summed E-state index contributed by atoms with van der Waals surface area (Å²) in [6.07, 6.45) is -2.27. The Balaban J connectivity index is 2.83. The van der Waals surface area contributed by atoms with E-state index in [4.69, 9.17) is 9.47 Å². The van der Waals surface area contributed by atoms with Gasteiger partial charge in [-0.25, -0.2) is 0 Å². The molecule has 0 spiro atoms. The first-order chi connectivity index (χ1) is 11.7. The van der Waals surface area contributed by atoms with Crippen LogP contribution in [0.15, 0.2) is 24.8 Å². The lowest BCUT2D eigenvalue weighted by atomic mass is 10.0. The average Bonchev–Trinajstić information content (AvgIpc) is 2.52. The molecule has 1 amide bonds. The van der Waals surface area contributed by atoms with Crippen LogP contribution in [0.4, 0.5) is 13.2 Å². The summed E-state index contributed by atoms with van der Waals surface area (Å²) in [7, 11) is 2.94. The van der Waals surface area contributed by atoms with E-state index in [0.717, 1.165) is 0 Å². The van der Waals surface area contributed by atoms with Crippen LogP contribution in [0.3, 0.4) is 0 Å². The van der Waals surface area contributed by atoms with Crippen LogP contribution in [0, 0.1) is 0 Å². The van der Waals surface area contributed by atoms with E-state index in [2.05, 4.69) is 16.6 Å². The third-order valence-corrected chi connectivity index (χ3v) is 3.19. The highest BCUT2D eigenvalue weighted by Gasteiger charge is 2.27. The lowest BCUT2D eigenvalue weighted by molar-refractivity contribution is -0.174. The number of amides is 1. The molecule has 0 aliphatic rings. The standard InChI is InChI=1S/C17H22F3NO4/c1-5-6-12-7-13(8-14(23-3)15(12)24-4)16(22)21-11(2)9-25-10-17(18,19)20/h5,7-8,11H,1,6,9-10H2,2-4H3,(H,21,22). The highest BCUT2D eigenvalue weighted by atomic mass is 19.4. The molecule has 1 atom stereocenters. The molecule has 0 aromatic heterocycles. The Morgan fingerprint density at radius 1 is 1.32 bits per heavy atom. The molecule has 1 aromatic rings. The number of carbonyl (C=O) groups excluding carboxylic acids is 1. The highest BCUT2D eigenvalue weighted by molar-refractivity contribution is 5.95. The van der Waals surface area contributed by atoms with E-state index in [9.17, 15) is 18.0 Å². The Labute approximate surface area is 144 Å². The molecule has 0 saturated heterocycles. The van der Waals surface area contributed by atoms with Crippen LogP contribution in [0.5, 0.6) is 11.5 Å². The van der Waals surface area contributed by atoms with Gasteiger partial charge in [-0.05, 0) is 25.5 Å². The molecule has 5 nitrogen and oxygen atoms in total. The van der Waals surface area contributed by atoms with Crippen molar-refractivity contribution in [3.8, 4) is 11.5 Å². The van der Waals surface area contributed by atoms with Crippen molar-refractivity contribution < 1.29 is 32.2 Å². The summed E-state index contributed by atoms with van der Waals surface area (Å²) in [6.45, 7) is 3.61. The fraction of sp³-hybridized carbons (Fsp3) is 0.471. The van der Waals surface area contributed by atoms with Gasteiger partial charge in [-0.3, -0.25) is 4.79 Å². The summed E-state index contributed by atoms with van der Waals surface area (Å²) in [6, 6.07) is 2.54. The van der Waals surface area contributed by atoms with E-state index in [1.807, 2.05) is 0 Å². The zero-order chi connectivity index (χ0) is 19.0. The summed E-state index contributed by atoms with van der Waals surface area (Å²) in [5.41, 5.74) is 1.01. The molecule has 0 aliphatic carbocycles. The summed E-state index contributed by atoms with van der Waals surface area (Å²) in [4.78, 5) is 12.3. The molecule has 0 aliphatic heterocycles. The number of allylic oxidation sites excluding steroid dienone is 1. The van der Waals surface area contributed by atoms with Gasteiger partial charge >= 0.3 is 6.18 Å². The number of hydrogen-bond donors (Lipinski definition) is 1. The molecule has 140 valence electrons. The summed E-state index contributed by atoms with van der Waals surface area (Å²) >= 11 is 0. The molecule has 8 heteroatoms. The van der Waals surface area contributed by atoms with E-state index < -0.39 is 24.7 Å². The maximum Gasteiger partial charge on any atom is 0.411 e. The molecular formula is C17H22F3NO4. The largest absolute Gasteiger partial charge is 0.493 e. The van der Waals surface area contributed by atoms with Crippen LogP contribution < -0.4 is 14.8 Å². The fourth-order valence-corrected chi connectivity index (χ4v) is 2.18. The minimum absolute atomic E-state index is 0.252. The van der Waals surface area contributed by atoms with Crippen molar-refractivity contribution in [3.63, 3.8) is 0 Å². The van der Waals surface area contributed by atoms with Gasteiger partial charge in [-0.2, -0.15) is 13.2 Å². The predicted octanol–water partition coefficient (Wildman–Crippen LogP) is 3.13.